The van der Waals surface area contributed by atoms with Gasteiger partial charge in [-0.25, -0.2) is 0 Å². The highest BCUT2D eigenvalue weighted by Gasteiger charge is 2.17. The predicted molar refractivity (Wildman–Crippen MR) is 162 cm³/mol. The van der Waals surface area contributed by atoms with Crippen LogP contribution in [0.15, 0.2) is 108 Å². The molecule has 0 aliphatic heterocycles. The predicted octanol–water partition coefficient (Wildman–Crippen LogP) is 6.19. The van der Waals surface area contributed by atoms with E-state index >= 15 is 0 Å². The number of nitrogens with one attached hydrogen (secondary N) is 3. The Bertz CT molecular complexity index is 1590. The van der Waals surface area contributed by atoms with Gasteiger partial charge in [0.2, 0.25) is 5.91 Å². The zero-order chi connectivity index (χ0) is 29.2. The Labute approximate surface area is 246 Å². The first-order chi connectivity index (χ1) is 19.8. The van der Waals surface area contributed by atoms with Crippen molar-refractivity contribution in [2.75, 3.05) is 23.5 Å². The van der Waals surface area contributed by atoms with Gasteiger partial charge in [0.1, 0.15) is 17.2 Å². The van der Waals surface area contributed by atoms with Crippen LogP contribution in [0.4, 0.5) is 11.4 Å². The van der Waals surface area contributed by atoms with Crippen molar-refractivity contribution in [3.05, 3.63) is 119 Å². The van der Waals surface area contributed by atoms with Gasteiger partial charge in [0.25, 0.3) is 11.8 Å². The number of carbonyl (C=O) groups excluding carboxylic acids is 3. The summed E-state index contributed by atoms with van der Waals surface area (Å²) in [6.45, 7) is 0. The molecule has 0 atom stereocenters. The van der Waals surface area contributed by atoms with Crippen LogP contribution in [-0.2, 0) is 9.59 Å². The Morgan fingerprint density at radius 1 is 0.902 bits per heavy atom. The second kappa shape index (κ2) is 14.1. The third kappa shape index (κ3) is 8.38. The van der Waals surface area contributed by atoms with Gasteiger partial charge < -0.3 is 25.8 Å². The fourth-order valence-corrected chi connectivity index (χ4v) is 4.61. The molecule has 0 aliphatic rings. The summed E-state index contributed by atoms with van der Waals surface area (Å²) in [5, 5.41) is 18.5. The van der Waals surface area contributed by atoms with Gasteiger partial charge in [-0.05, 0) is 60.7 Å². The molecule has 0 saturated heterocycles. The highest BCUT2D eigenvalue weighted by molar-refractivity contribution is 8.00. The van der Waals surface area contributed by atoms with Crippen LogP contribution >= 0.6 is 23.4 Å². The SMILES string of the molecule is COc1cc(O)ccc1/C=C(/NC(=O)c1ccccc1)C(=O)Nc1cccc(SCC(=O)Nc2ccccc2Cl)c1. The van der Waals surface area contributed by atoms with Gasteiger partial charge in [-0.1, -0.05) is 48.0 Å². The van der Waals surface area contributed by atoms with Gasteiger partial charge in [-0.2, -0.15) is 0 Å². The van der Waals surface area contributed by atoms with E-state index < -0.39 is 11.8 Å². The Balaban J connectivity index is 1.50. The monoisotopic (exact) mass is 587 g/mol. The maximum atomic E-state index is 13.4. The van der Waals surface area contributed by atoms with E-state index in [2.05, 4.69) is 16.0 Å². The number of methoxy groups -OCH3 is 1. The molecule has 0 heterocycles. The third-order valence-electron chi connectivity index (χ3n) is 5.66. The minimum atomic E-state index is -0.581. The number of para-hydroxylation sites is 1. The molecule has 0 bridgehead atoms. The number of thioether (sulfide) groups is 1. The summed E-state index contributed by atoms with van der Waals surface area (Å²) in [5.41, 5.74) is 1.79. The van der Waals surface area contributed by atoms with Crippen molar-refractivity contribution in [2.45, 2.75) is 4.90 Å². The maximum absolute atomic E-state index is 13.4. The molecule has 0 saturated carbocycles. The summed E-state index contributed by atoms with van der Waals surface area (Å²) in [5.74, 6) is -0.844. The number of halogens is 1. The summed E-state index contributed by atoms with van der Waals surface area (Å²) in [4.78, 5) is 39.5. The van der Waals surface area contributed by atoms with Gasteiger partial charge in [0.05, 0.1) is 23.6 Å². The largest absolute Gasteiger partial charge is 0.508 e. The average Bonchev–Trinajstić information content (AvgIpc) is 2.98. The van der Waals surface area contributed by atoms with Crippen LogP contribution < -0.4 is 20.7 Å². The van der Waals surface area contributed by atoms with E-state index in [-0.39, 0.29) is 23.1 Å². The lowest BCUT2D eigenvalue weighted by atomic mass is 10.1. The molecule has 0 radical (unpaired) electrons. The molecule has 8 nitrogen and oxygen atoms in total. The minimum Gasteiger partial charge on any atom is -0.508 e. The van der Waals surface area contributed by atoms with Crippen molar-refractivity contribution in [1.29, 1.82) is 0 Å². The molecule has 0 unspecified atom stereocenters. The van der Waals surface area contributed by atoms with Gasteiger partial charge in [-0.15, -0.1) is 11.8 Å². The number of hydrogen-bond acceptors (Lipinski definition) is 6. The molecule has 0 fully saturated rings. The van der Waals surface area contributed by atoms with Crippen molar-refractivity contribution >= 4 is 58.5 Å². The Morgan fingerprint density at radius 2 is 1.66 bits per heavy atom. The van der Waals surface area contributed by atoms with Crippen molar-refractivity contribution < 1.29 is 24.2 Å². The first-order valence-electron chi connectivity index (χ1n) is 12.4. The number of benzene rings is 4. The minimum absolute atomic E-state index is 0.00631. The van der Waals surface area contributed by atoms with Gasteiger partial charge >= 0.3 is 0 Å². The van der Waals surface area contributed by atoms with E-state index in [0.717, 1.165) is 4.90 Å². The van der Waals surface area contributed by atoms with Crippen LogP contribution in [0.1, 0.15) is 15.9 Å². The Morgan fingerprint density at radius 3 is 2.41 bits per heavy atom. The number of hydrogen-bond donors (Lipinski definition) is 4. The molecule has 4 N–H and O–H groups in total. The average molecular weight is 588 g/mol. The molecule has 3 amide bonds. The summed E-state index contributed by atoms with van der Waals surface area (Å²) >= 11 is 7.40. The smallest absolute Gasteiger partial charge is 0.272 e. The van der Waals surface area contributed by atoms with E-state index in [9.17, 15) is 19.5 Å². The molecule has 208 valence electrons. The number of amides is 3. The lowest BCUT2D eigenvalue weighted by Crippen LogP contribution is -2.30. The van der Waals surface area contributed by atoms with E-state index in [1.807, 2.05) is 6.07 Å². The van der Waals surface area contributed by atoms with Crippen LogP contribution in [0.5, 0.6) is 11.5 Å². The van der Waals surface area contributed by atoms with Crippen molar-refractivity contribution in [3.8, 4) is 11.5 Å². The first-order valence-corrected chi connectivity index (χ1v) is 13.7. The number of ether oxygens (including phenoxy) is 1. The number of rotatable bonds is 10. The van der Waals surface area contributed by atoms with E-state index in [1.54, 1.807) is 78.9 Å². The number of anilines is 2. The Hall–Kier alpha value is -4.73. The highest BCUT2D eigenvalue weighted by atomic mass is 35.5. The van der Waals surface area contributed by atoms with Crippen LogP contribution in [-0.4, -0.2) is 35.7 Å². The van der Waals surface area contributed by atoms with Gasteiger partial charge in [0, 0.05) is 27.8 Å². The first kappa shape index (κ1) is 29.3. The summed E-state index contributed by atoms with van der Waals surface area (Å²) in [6.07, 6.45) is 1.46. The molecular weight excluding hydrogens is 562 g/mol. The maximum Gasteiger partial charge on any atom is 0.272 e. The van der Waals surface area contributed by atoms with Crippen molar-refractivity contribution in [2.24, 2.45) is 0 Å². The van der Waals surface area contributed by atoms with Crippen molar-refractivity contribution in [3.63, 3.8) is 0 Å². The van der Waals surface area contributed by atoms with Crippen LogP contribution in [0.3, 0.4) is 0 Å². The van der Waals surface area contributed by atoms with E-state index in [0.29, 0.717) is 33.3 Å². The molecule has 4 aromatic rings. The lowest BCUT2D eigenvalue weighted by molar-refractivity contribution is -0.114. The molecule has 0 aromatic heterocycles. The fourth-order valence-electron chi connectivity index (χ4n) is 3.68. The van der Waals surface area contributed by atoms with Crippen LogP contribution in [0.25, 0.3) is 6.08 Å². The third-order valence-corrected chi connectivity index (χ3v) is 6.98. The fraction of sp³-hybridized carbons (Fsp3) is 0.0645. The summed E-state index contributed by atoms with van der Waals surface area (Å²) in [6, 6.07) is 26.9. The molecule has 10 heteroatoms. The second-order valence-electron chi connectivity index (χ2n) is 8.60. The second-order valence-corrected chi connectivity index (χ2v) is 10.1. The molecule has 41 heavy (non-hydrogen) atoms. The van der Waals surface area contributed by atoms with E-state index in [1.165, 1.54) is 37.1 Å². The number of aromatic hydroxyl groups is 1. The quantitative estimate of drug-likeness (QED) is 0.130. The molecule has 4 rings (SSSR count). The van der Waals surface area contributed by atoms with Gasteiger partial charge in [-0.3, -0.25) is 14.4 Å². The lowest BCUT2D eigenvalue weighted by Gasteiger charge is -2.13. The zero-order valence-electron chi connectivity index (χ0n) is 21.9. The van der Waals surface area contributed by atoms with E-state index in [4.69, 9.17) is 16.3 Å². The highest BCUT2D eigenvalue weighted by Crippen LogP contribution is 2.27. The molecule has 0 spiro atoms. The van der Waals surface area contributed by atoms with Crippen LogP contribution in [0.2, 0.25) is 5.02 Å². The standard InChI is InChI=1S/C31H26ClN3O5S/c1-40-28-18-23(36)15-14-21(28)16-27(35-30(38)20-8-3-2-4-9-20)31(39)33-22-10-7-11-24(17-22)41-19-29(37)34-26-13-6-5-12-25(26)32/h2-18,36H,19H2,1H3,(H,33,39)(H,34,37)(H,35,38)/b27-16+. The summed E-state index contributed by atoms with van der Waals surface area (Å²) < 4.78 is 5.33. The van der Waals surface area contributed by atoms with Gasteiger partial charge in [0.15, 0.2) is 0 Å². The Kier molecular flexibility index (Phi) is 10.0. The number of phenols is 1. The molecule has 0 aliphatic carbocycles. The topological polar surface area (TPSA) is 117 Å². The number of carbonyl (C=O) groups is 3. The molecule has 4 aromatic carbocycles. The molecular formula is C31H26ClN3O5S. The normalized spacial score (nSPS) is 10.9. The summed E-state index contributed by atoms with van der Waals surface area (Å²) in [7, 11) is 1.44. The zero-order valence-corrected chi connectivity index (χ0v) is 23.5. The number of phenolic OH excluding ortho intramolecular Hbond substituents is 1. The van der Waals surface area contributed by atoms with Crippen molar-refractivity contribution in [1.82, 2.24) is 5.32 Å². The van der Waals surface area contributed by atoms with Crippen LogP contribution in [0, 0.1) is 0 Å².